The van der Waals surface area contributed by atoms with Crippen LogP contribution in [0.25, 0.3) is 0 Å². The highest BCUT2D eigenvalue weighted by molar-refractivity contribution is 5.32. The second-order valence-corrected chi connectivity index (χ2v) is 8.61. The minimum atomic E-state index is -0.151. The lowest BCUT2D eigenvalue weighted by molar-refractivity contribution is -0.113. The Labute approximate surface area is 127 Å². The summed E-state index contributed by atoms with van der Waals surface area (Å²) < 4.78 is 13.7. The van der Waals surface area contributed by atoms with Crippen LogP contribution in [0.2, 0.25) is 0 Å². The highest BCUT2D eigenvalue weighted by Gasteiger charge is 2.57. The molecule has 1 aromatic rings. The van der Waals surface area contributed by atoms with Crippen LogP contribution >= 0.6 is 0 Å². The molecule has 21 heavy (non-hydrogen) atoms. The first-order chi connectivity index (χ1) is 9.89. The third-order valence-corrected chi connectivity index (χ3v) is 6.63. The van der Waals surface area contributed by atoms with Gasteiger partial charge in [0.2, 0.25) is 0 Å². The Kier molecular flexibility index (Phi) is 2.83. The van der Waals surface area contributed by atoms with Gasteiger partial charge in [-0.3, -0.25) is 0 Å². The van der Waals surface area contributed by atoms with E-state index in [1.807, 2.05) is 6.07 Å². The maximum Gasteiger partial charge on any atom is 0.123 e. The fourth-order valence-electron chi connectivity index (χ4n) is 6.44. The van der Waals surface area contributed by atoms with Crippen LogP contribution in [0.1, 0.15) is 62.6 Å². The zero-order chi connectivity index (χ0) is 14.8. The lowest BCUT2D eigenvalue weighted by Crippen LogP contribution is -2.54. The molecule has 0 spiro atoms. The molecule has 2 heteroatoms. The number of benzene rings is 1. The molecule has 0 aromatic heterocycles. The molecule has 4 aliphatic rings. The molecular weight excluding hydrogens is 261 g/mol. The van der Waals surface area contributed by atoms with Crippen LogP contribution in [0.5, 0.6) is 0 Å². The third-order valence-electron chi connectivity index (χ3n) is 6.63. The lowest BCUT2D eigenvalue weighted by atomic mass is 9.43. The molecule has 1 aromatic carbocycles. The molecule has 0 saturated heterocycles. The van der Waals surface area contributed by atoms with Crippen molar-refractivity contribution >= 4 is 0 Å². The summed E-state index contributed by atoms with van der Waals surface area (Å²) in [5.41, 5.74) is 9.65. The Bertz CT molecular complexity index is 565. The molecule has 4 bridgehead atoms. The molecule has 0 heterocycles. The van der Waals surface area contributed by atoms with Crippen molar-refractivity contribution in [1.82, 2.24) is 0 Å². The van der Waals surface area contributed by atoms with E-state index in [-0.39, 0.29) is 17.3 Å². The fourth-order valence-corrected chi connectivity index (χ4v) is 6.44. The summed E-state index contributed by atoms with van der Waals surface area (Å²) in [5.74, 6) is 1.56. The molecule has 0 aliphatic heterocycles. The molecule has 3 atom stereocenters. The van der Waals surface area contributed by atoms with E-state index < -0.39 is 0 Å². The van der Waals surface area contributed by atoms with E-state index in [9.17, 15) is 4.39 Å². The highest BCUT2D eigenvalue weighted by atomic mass is 19.1. The van der Waals surface area contributed by atoms with Crippen LogP contribution in [-0.4, -0.2) is 0 Å². The number of hydrogen-bond acceptors (Lipinski definition) is 1. The van der Waals surface area contributed by atoms with Crippen molar-refractivity contribution in [1.29, 1.82) is 0 Å². The molecule has 114 valence electrons. The number of halogens is 1. The van der Waals surface area contributed by atoms with Gasteiger partial charge in [-0.2, -0.15) is 0 Å². The van der Waals surface area contributed by atoms with Crippen LogP contribution in [0.15, 0.2) is 18.2 Å². The van der Waals surface area contributed by atoms with Gasteiger partial charge in [-0.1, -0.05) is 13.0 Å². The summed E-state index contributed by atoms with van der Waals surface area (Å²) >= 11 is 0. The van der Waals surface area contributed by atoms with E-state index in [2.05, 4.69) is 13.8 Å². The van der Waals surface area contributed by atoms with Gasteiger partial charge < -0.3 is 5.73 Å². The maximum atomic E-state index is 13.7. The number of nitrogens with two attached hydrogens (primary N) is 1. The van der Waals surface area contributed by atoms with Gasteiger partial charge in [-0.25, -0.2) is 4.39 Å². The largest absolute Gasteiger partial charge is 0.323 e. The smallest absolute Gasteiger partial charge is 0.123 e. The Balaban J connectivity index is 1.73. The summed E-state index contributed by atoms with van der Waals surface area (Å²) in [6.45, 7) is 4.53. The fraction of sp³-hybridized carbons (Fsp3) is 0.684. The quantitative estimate of drug-likeness (QED) is 0.835. The van der Waals surface area contributed by atoms with Gasteiger partial charge in [-0.15, -0.1) is 0 Å². The van der Waals surface area contributed by atoms with Gasteiger partial charge in [0.15, 0.2) is 0 Å². The van der Waals surface area contributed by atoms with Crippen molar-refractivity contribution in [2.45, 2.75) is 58.4 Å². The van der Waals surface area contributed by atoms with Gasteiger partial charge in [-0.05, 0) is 91.4 Å². The minimum Gasteiger partial charge on any atom is -0.323 e. The first-order valence-electron chi connectivity index (χ1n) is 8.41. The average Bonchev–Trinajstić information content (AvgIpc) is 2.38. The molecule has 1 nitrogen and oxygen atoms in total. The molecule has 4 aliphatic carbocycles. The Morgan fingerprint density at radius 2 is 1.86 bits per heavy atom. The first-order valence-corrected chi connectivity index (χ1v) is 8.41. The van der Waals surface area contributed by atoms with Crippen LogP contribution in [0.3, 0.4) is 0 Å². The van der Waals surface area contributed by atoms with E-state index in [1.54, 1.807) is 12.1 Å². The zero-order valence-electron chi connectivity index (χ0n) is 13.2. The van der Waals surface area contributed by atoms with Gasteiger partial charge in [0.1, 0.15) is 5.82 Å². The predicted molar refractivity (Wildman–Crippen MR) is 83.3 cm³/mol. The van der Waals surface area contributed by atoms with Crippen LogP contribution in [0, 0.1) is 35.4 Å². The molecular formula is C19H26FN. The zero-order valence-corrected chi connectivity index (χ0v) is 13.2. The van der Waals surface area contributed by atoms with E-state index in [1.165, 1.54) is 38.5 Å². The number of hydrogen-bond donors (Lipinski definition) is 1. The summed E-state index contributed by atoms with van der Waals surface area (Å²) in [7, 11) is 0. The van der Waals surface area contributed by atoms with E-state index in [0.29, 0.717) is 5.41 Å². The monoisotopic (exact) mass is 287 g/mol. The summed E-state index contributed by atoms with van der Waals surface area (Å²) in [6.07, 6.45) is 7.95. The van der Waals surface area contributed by atoms with Crippen molar-refractivity contribution in [2.75, 3.05) is 0 Å². The van der Waals surface area contributed by atoms with E-state index >= 15 is 0 Å². The second kappa shape index (κ2) is 4.32. The molecule has 0 radical (unpaired) electrons. The molecule has 2 N–H and O–H groups in total. The number of aryl methyl sites for hydroxylation is 1. The van der Waals surface area contributed by atoms with Crippen LogP contribution in [0.4, 0.5) is 4.39 Å². The highest BCUT2D eigenvalue weighted by Crippen LogP contribution is 2.67. The lowest BCUT2D eigenvalue weighted by Gasteiger charge is -2.63. The first kappa shape index (κ1) is 13.8. The van der Waals surface area contributed by atoms with Crippen molar-refractivity contribution < 1.29 is 4.39 Å². The van der Waals surface area contributed by atoms with Crippen molar-refractivity contribution in [3.05, 3.63) is 35.1 Å². The minimum absolute atomic E-state index is 0.00146. The van der Waals surface area contributed by atoms with Gasteiger partial charge >= 0.3 is 0 Å². The third kappa shape index (κ3) is 2.06. The summed E-state index contributed by atoms with van der Waals surface area (Å²) in [6, 6.07) is 5.11. The molecule has 5 rings (SSSR count). The molecule has 4 saturated carbocycles. The Morgan fingerprint density at radius 3 is 2.48 bits per heavy atom. The van der Waals surface area contributed by atoms with E-state index in [4.69, 9.17) is 5.73 Å². The van der Waals surface area contributed by atoms with Crippen molar-refractivity contribution in [3.8, 4) is 0 Å². The number of rotatable bonds is 2. The predicted octanol–water partition coefficient (Wildman–Crippen LogP) is 4.74. The standard InChI is InChI=1S/C19H26FN/c1-12-3-4-15(20)6-16(12)17(21)19-9-13-5-14(10-19)8-18(2,7-13)11-19/h3-4,6,13-14,17H,5,7-11,21H2,1-2H3. The van der Waals surface area contributed by atoms with Gasteiger partial charge in [0.05, 0.1) is 0 Å². The SMILES string of the molecule is Cc1ccc(F)cc1C(N)C12CC3CC(CC(C)(C3)C1)C2. The van der Waals surface area contributed by atoms with Gasteiger partial charge in [0.25, 0.3) is 0 Å². The molecule has 3 unspecified atom stereocenters. The summed E-state index contributed by atoms with van der Waals surface area (Å²) in [5, 5.41) is 0. The maximum absolute atomic E-state index is 13.7. The Hall–Kier alpha value is -0.890. The summed E-state index contributed by atoms with van der Waals surface area (Å²) in [4.78, 5) is 0. The van der Waals surface area contributed by atoms with Crippen LogP contribution < -0.4 is 5.73 Å². The Morgan fingerprint density at radius 1 is 1.19 bits per heavy atom. The molecule has 0 amide bonds. The van der Waals surface area contributed by atoms with Crippen molar-refractivity contribution in [2.24, 2.45) is 28.4 Å². The van der Waals surface area contributed by atoms with Gasteiger partial charge in [0, 0.05) is 6.04 Å². The van der Waals surface area contributed by atoms with Crippen molar-refractivity contribution in [3.63, 3.8) is 0 Å². The second-order valence-electron chi connectivity index (χ2n) is 8.61. The average molecular weight is 287 g/mol. The molecule has 4 fully saturated rings. The van der Waals surface area contributed by atoms with E-state index in [0.717, 1.165) is 23.0 Å². The normalized spacial score (nSPS) is 42.3. The van der Waals surface area contributed by atoms with Crippen LogP contribution in [-0.2, 0) is 0 Å². The topological polar surface area (TPSA) is 26.0 Å².